The fourth-order valence-electron chi connectivity index (χ4n) is 3.88. The highest BCUT2D eigenvalue weighted by molar-refractivity contribution is 6.32. The molecule has 0 unspecified atom stereocenters. The van der Waals surface area contributed by atoms with Crippen LogP contribution in [0.3, 0.4) is 0 Å². The molecule has 40 heavy (non-hydrogen) atoms. The average molecular weight is 559 g/mol. The molecule has 0 saturated heterocycles. The number of nitrogens with zero attached hydrogens (tertiary/aromatic N) is 4. The van der Waals surface area contributed by atoms with Crippen molar-refractivity contribution < 1.29 is 18.4 Å². The molecule has 0 aliphatic carbocycles. The topological polar surface area (TPSA) is 100 Å². The van der Waals surface area contributed by atoms with Gasteiger partial charge >= 0.3 is 0 Å². The van der Waals surface area contributed by atoms with Crippen molar-refractivity contribution in [3.05, 3.63) is 94.9 Å². The molecule has 2 heterocycles. The van der Waals surface area contributed by atoms with Crippen molar-refractivity contribution in [1.82, 2.24) is 14.9 Å². The van der Waals surface area contributed by atoms with Crippen molar-refractivity contribution in [3.63, 3.8) is 0 Å². The number of carbonyl (C=O) groups is 1. The van der Waals surface area contributed by atoms with Crippen LogP contribution in [-0.4, -0.2) is 47.9 Å². The van der Waals surface area contributed by atoms with Crippen molar-refractivity contribution >= 4 is 39.7 Å². The number of pyridine rings is 2. The second kappa shape index (κ2) is 13.6. The van der Waals surface area contributed by atoms with Gasteiger partial charge in [-0.05, 0) is 63.5 Å². The molecule has 4 rings (SSSR count). The first-order valence-corrected chi connectivity index (χ1v) is 12.8. The van der Waals surface area contributed by atoms with Crippen molar-refractivity contribution in [2.45, 2.75) is 20.0 Å². The molecule has 0 spiro atoms. The number of carbonyl (C=O) groups excluding carboxylic acids is 1. The third-order valence-corrected chi connectivity index (χ3v) is 6.02. The van der Waals surface area contributed by atoms with Gasteiger partial charge in [-0.2, -0.15) is 5.26 Å². The molecule has 1 N–H and O–H groups in total. The number of anilines is 2. The van der Waals surface area contributed by atoms with E-state index in [1.54, 1.807) is 49.5 Å². The van der Waals surface area contributed by atoms with Crippen LogP contribution >= 0.6 is 11.6 Å². The number of nitriles is 1. The number of nitrogens with one attached hydrogen (secondary N) is 1. The van der Waals surface area contributed by atoms with Gasteiger partial charge in [0.25, 0.3) is 0 Å². The first-order valence-electron chi connectivity index (χ1n) is 13.9. The van der Waals surface area contributed by atoms with Crippen LogP contribution < -0.4 is 14.8 Å². The fraction of sp³-hybridized carbons (Fsp3) is 0.226. The average Bonchev–Trinajstić information content (AvgIpc) is 2.92. The van der Waals surface area contributed by atoms with Crippen LogP contribution in [0.5, 0.6) is 11.5 Å². The molecule has 0 aliphatic heterocycles. The van der Waals surface area contributed by atoms with Crippen LogP contribution in [0.1, 0.15) is 27.9 Å². The normalized spacial score (nSPS) is 12.8. The zero-order valence-electron chi connectivity index (χ0n) is 25.4. The summed E-state index contributed by atoms with van der Waals surface area (Å²) in [5.41, 5.74) is 2.80. The summed E-state index contributed by atoms with van der Waals surface area (Å²) in [6, 6.07) is 16.2. The van der Waals surface area contributed by atoms with Gasteiger partial charge < -0.3 is 19.7 Å². The van der Waals surface area contributed by atoms with Gasteiger partial charge in [-0.15, -0.1) is 0 Å². The predicted octanol–water partition coefficient (Wildman–Crippen LogP) is 6.11. The molecule has 0 fully saturated rings. The first kappa shape index (κ1) is 24.6. The lowest BCUT2D eigenvalue weighted by atomic mass is 10.0. The van der Waals surface area contributed by atoms with Gasteiger partial charge in [0, 0.05) is 48.1 Å². The van der Waals surface area contributed by atoms with E-state index in [-0.39, 0.29) is 36.2 Å². The zero-order valence-corrected chi connectivity index (χ0v) is 23.1. The lowest BCUT2D eigenvalue weighted by molar-refractivity contribution is -0.114. The van der Waals surface area contributed by atoms with Gasteiger partial charge in [0.05, 0.1) is 38.2 Å². The number of rotatable bonds is 12. The molecule has 0 aliphatic rings. The molecule has 4 aromatic rings. The third kappa shape index (κ3) is 7.35. The van der Waals surface area contributed by atoms with Crippen molar-refractivity contribution in [2.75, 3.05) is 32.5 Å². The van der Waals surface area contributed by atoms with Crippen LogP contribution in [-0.2, 0) is 17.8 Å². The predicted molar refractivity (Wildman–Crippen MR) is 157 cm³/mol. The second-order valence-electron chi connectivity index (χ2n) is 9.05. The Morgan fingerprint density at radius 3 is 2.75 bits per heavy atom. The molecule has 9 heteroatoms. The number of aromatic nitrogens is 2. The maximum Gasteiger partial charge on any atom is 0.159 e. The van der Waals surface area contributed by atoms with E-state index in [2.05, 4.69) is 21.4 Å². The van der Waals surface area contributed by atoms with E-state index >= 15 is 0 Å². The van der Waals surface area contributed by atoms with Crippen molar-refractivity contribution in [2.24, 2.45) is 0 Å². The van der Waals surface area contributed by atoms with E-state index in [0.717, 1.165) is 5.69 Å². The maximum atomic E-state index is 12.9. The zero-order chi connectivity index (χ0) is 31.1. The van der Waals surface area contributed by atoms with E-state index in [0.29, 0.717) is 45.2 Å². The van der Waals surface area contributed by atoms with Crippen molar-refractivity contribution in [3.8, 4) is 17.6 Å². The number of benzene rings is 2. The fourth-order valence-corrected chi connectivity index (χ4v) is 4.12. The Morgan fingerprint density at radius 2 is 2.05 bits per heavy atom. The molecule has 0 amide bonds. The Labute approximate surface area is 243 Å². The molecule has 204 valence electrons. The Bertz CT molecular complexity index is 1700. The Morgan fingerprint density at radius 1 is 1.20 bits per heavy atom. The molecule has 8 nitrogen and oxygen atoms in total. The van der Waals surface area contributed by atoms with E-state index in [1.807, 2.05) is 18.2 Å². The molecule has 0 radical (unpaired) electrons. The minimum atomic E-state index is -2.03. The summed E-state index contributed by atoms with van der Waals surface area (Å²) in [6.07, 6.45) is 4.18. The van der Waals surface area contributed by atoms with Crippen LogP contribution in [0.4, 0.5) is 11.4 Å². The number of halogens is 1. The monoisotopic (exact) mass is 558 g/mol. The van der Waals surface area contributed by atoms with E-state index in [9.17, 15) is 10.1 Å². The third-order valence-electron chi connectivity index (χ3n) is 5.72. The summed E-state index contributed by atoms with van der Waals surface area (Å²) in [4.78, 5) is 23.3. The summed E-state index contributed by atoms with van der Waals surface area (Å²) in [5.74, 6) is 0.256. The van der Waals surface area contributed by atoms with E-state index in [4.69, 9.17) is 25.2 Å². The number of hydrogen-bond donors (Lipinski definition) is 1. The summed E-state index contributed by atoms with van der Waals surface area (Å²) < 4.78 is 35.3. The number of hydrogen-bond acceptors (Lipinski definition) is 8. The van der Waals surface area contributed by atoms with Gasteiger partial charge in [-0.25, -0.2) is 0 Å². The van der Waals surface area contributed by atoms with Gasteiger partial charge in [-0.3, -0.25) is 14.8 Å². The van der Waals surface area contributed by atoms with E-state index < -0.39 is 6.56 Å². The standard InChI is InChI=1S/C31H30ClN5O3/c1-4-39-30-17-28-26(15-21(30)14-25(38)9-7-13-37(2)3)31(22(18-33)19-35-28)36-23-10-11-29(27(32)16-23)40-20-24-8-5-6-12-34-24/h5-12,15-17,19H,4,13-14,20H2,1-3H3,(H,35,36)/b9-7+/i4D2,7D. The molecule has 0 atom stereocenters. The number of ether oxygens (including phenoxy) is 2. The minimum absolute atomic E-state index is 0.140. The molecule has 0 saturated carbocycles. The molecule has 2 aromatic heterocycles. The number of allylic oxidation sites excluding steroid dienone is 1. The quantitative estimate of drug-likeness (QED) is 0.208. The summed E-state index contributed by atoms with van der Waals surface area (Å²) in [5, 5.41) is 14.0. The molecular formula is C31H30ClN5O3. The Balaban J connectivity index is 1.70. The van der Waals surface area contributed by atoms with Crippen LogP contribution in [0, 0.1) is 11.3 Å². The number of likely N-dealkylation sites (N-methyl/N-ethyl adjacent to an activating group) is 1. The highest BCUT2D eigenvalue weighted by Crippen LogP contribution is 2.36. The molecule has 2 aromatic carbocycles. The number of fused-ring (bicyclic) bond motifs is 1. The molecular weight excluding hydrogens is 526 g/mol. The van der Waals surface area contributed by atoms with Crippen LogP contribution in [0.2, 0.25) is 5.02 Å². The summed E-state index contributed by atoms with van der Waals surface area (Å²) >= 11 is 6.52. The smallest absolute Gasteiger partial charge is 0.159 e. The highest BCUT2D eigenvalue weighted by atomic mass is 35.5. The lowest BCUT2D eigenvalue weighted by Gasteiger charge is -2.16. The Kier molecular flexibility index (Phi) is 8.33. The summed E-state index contributed by atoms with van der Waals surface area (Å²) in [7, 11) is 3.60. The number of ketones is 1. The van der Waals surface area contributed by atoms with Gasteiger partial charge in [0.15, 0.2) is 5.78 Å². The second-order valence-corrected chi connectivity index (χ2v) is 9.46. The largest absolute Gasteiger partial charge is 0.494 e. The van der Waals surface area contributed by atoms with Gasteiger partial charge in [0.1, 0.15) is 24.2 Å². The lowest BCUT2D eigenvalue weighted by Crippen LogP contribution is -2.11. The van der Waals surface area contributed by atoms with E-state index in [1.165, 1.54) is 25.3 Å². The SMILES string of the molecule is [2H]/C(=C\C(=O)Cc1cc2c(Nc3ccc(OCc4ccccn4)c(Cl)c3)c(C#N)cnc2cc1OC([2H])([2H])C)CN(C)C. The minimum Gasteiger partial charge on any atom is -0.494 e. The van der Waals surface area contributed by atoms with Crippen LogP contribution in [0.25, 0.3) is 10.9 Å². The summed E-state index contributed by atoms with van der Waals surface area (Å²) in [6.45, 7) is -0.232. The maximum absolute atomic E-state index is 12.9. The van der Waals surface area contributed by atoms with Gasteiger partial charge in [-0.1, -0.05) is 23.7 Å². The molecule has 0 bridgehead atoms. The van der Waals surface area contributed by atoms with Crippen LogP contribution in [0.15, 0.2) is 73.1 Å². The Hall–Kier alpha value is -4.45. The highest BCUT2D eigenvalue weighted by Gasteiger charge is 2.16. The van der Waals surface area contributed by atoms with Crippen molar-refractivity contribution in [1.29, 1.82) is 5.26 Å². The first-order chi connectivity index (χ1) is 20.4. The van der Waals surface area contributed by atoms with Gasteiger partial charge in [0.2, 0.25) is 0 Å².